The van der Waals surface area contributed by atoms with E-state index in [1.807, 2.05) is 0 Å². The molecule has 0 spiro atoms. The largest absolute Gasteiger partial charge is 0.402 e. The Morgan fingerprint density at radius 2 is 2.05 bits per heavy atom. The molecule has 3 nitrogen and oxygen atoms in total. The summed E-state index contributed by atoms with van der Waals surface area (Å²) in [6.07, 6.45) is -4.59. The first kappa shape index (κ1) is 17.2. The highest BCUT2D eigenvalue weighted by atomic mass is 79.9. The van der Waals surface area contributed by atoms with E-state index in [9.17, 15) is 21.6 Å². The van der Waals surface area contributed by atoms with Crippen LogP contribution in [0.15, 0.2) is 10.3 Å². The Morgan fingerprint density at radius 3 is 2.42 bits per heavy atom. The summed E-state index contributed by atoms with van der Waals surface area (Å²) < 4.78 is 62.0. The maximum Gasteiger partial charge on any atom is 0.402 e. The van der Waals surface area contributed by atoms with E-state index in [1.165, 1.54) is 6.07 Å². The molecule has 0 N–H and O–H groups in total. The predicted molar refractivity (Wildman–Crippen MR) is 72.7 cm³/mol. The highest BCUT2D eigenvalue weighted by Crippen LogP contribution is 2.33. The Kier molecular flexibility index (Phi) is 5.71. The molecule has 1 rings (SSSR count). The second-order valence-corrected chi connectivity index (χ2v) is 8.28. The molecule has 0 unspecified atom stereocenters. The number of sulfonamides is 1. The quantitative estimate of drug-likeness (QED) is 0.708. The van der Waals surface area contributed by atoms with Gasteiger partial charge in [0.25, 0.3) is 10.0 Å². The van der Waals surface area contributed by atoms with Gasteiger partial charge in [0.1, 0.15) is 10.8 Å². The summed E-state index contributed by atoms with van der Waals surface area (Å²) in [5.74, 6) is 0. The SMILES string of the molecule is Cc1cc(S(=O)(=O)N(CCBr)CC(F)(F)F)sc1Cl. The predicted octanol–water partition coefficient (Wildman–Crippen LogP) is 3.66. The van der Waals surface area contributed by atoms with Gasteiger partial charge in [0.15, 0.2) is 0 Å². The molecule has 0 aliphatic heterocycles. The number of nitrogens with zero attached hydrogens (tertiary/aromatic N) is 1. The van der Waals surface area contributed by atoms with Crippen LogP contribution in [0.5, 0.6) is 0 Å². The summed E-state index contributed by atoms with van der Waals surface area (Å²) in [6.45, 7) is -0.192. The van der Waals surface area contributed by atoms with Crippen LogP contribution in [-0.4, -0.2) is 37.3 Å². The van der Waals surface area contributed by atoms with E-state index in [0.29, 0.717) is 9.87 Å². The summed E-state index contributed by atoms with van der Waals surface area (Å²) in [5.41, 5.74) is 0.524. The molecule has 1 heterocycles. The van der Waals surface area contributed by atoms with E-state index in [4.69, 9.17) is 11.6 Å². The Labute approximate surface area is 126 Å². The lowest BCUT2D eigenvalue weighted by atomic mass is 10.4. The molecule has 0 amide bonds. The first-order valence-corrected chi connectivity index (χ1v) is 8.72. The third-order valence-electron chi connectivity index (χ3n) is 2.12. The minimum Gasteiger partial charge on any atom is -0.206 e. The Morgan fingerprint density at radius 1 is 1.47 bits per heavy atom. The van der Waals surface area contributed by atoms with Gasteiger partial charge in [0.2, 0.25) is 0 Å². The van der Waals surface area contributed by atoms with E-state index in [1.54, 1.807) is 6.92 Å². The summed E-state index contributed by atoms with van der Waals surface area (Å²) in [4.78, 5) is 0. The molecule has 0 atom stereocenters. The number of rotatable bonds is 5. The zero-order valence-electron chi connectivity index (χ0n) is 9.67. The third-order valence-corrected chi connectivity index (χ3v) is 6.32. The fourth-order valence-corrected chi connectivity index (χ4v) is 5.22. The molecule has 0 aliphatic rings. The van der Waals surface area contributed by atoms with Crippen molar-refractivity contribution >= 4 is 48.9 Å². The average molecular weight is 401 g/mol. The van der Waals surface area contributed by atoms with Crippen molar-refractivity contribution in [3.63, 3.8) is 0 Å². The number of hydrogen-bond acceptors (Lipinski definition) is 3. The van der Waals surface area contributed by atoms with Crippen LogP contribution >= 0.6 is 38.9 Å². The first-order chi connectivity index (χ1) is 8.58. The van der Waals surface area contributed by atoms with E-state index in [-0.39, 0.29) is 20.4 Å². The fourth-order valence-electron chi connectivity index (χ4n) is 1.26. The van der Waals surface area contributed by atoms with Crippen LogP contribution in [0.25, 0.3) is 0 Å². The van der Waals surface area contributed by atoms with Crippen LogP contribution in [0, 0.1) is 6.92 Å². The van der Waals surface area contributed by atoms with Gasteiger partial charge in [-0.2, -0.15) is 17.5 Å². The molecule has 0 saturated carbocycles. The van der Waals surface area contributed by atoms with Crippen molar-refractivity contribution < 1.29 is 21.6 Å². The van der Waals surface area contributed by atoms with Crippen LogP contribution in [0.1, 0.15) is 5.56 Å². The van der Waals surface area contributed by atoms with Crippen molar-refractivity contribution in [3.05, 3.63) is 16.0 Å². The topological polar surface area (TPSA) is 37.4 Å². The molecule has 1 aromatic rings. The van der Waals surface area contributed by atoms with Gasteiger partial charge in [-0.25, -0.2) is 8.42 Å². The first-order valence-electron chi connectivity index (χ1n) is 4.96. The molecule has 10 heteroatoms. The number of hydrogen-bond donors (Lipinski definition) is 0. The van der Waals surface area contributed by atoms with Crippen LogP contribution in [0.2, 0.25) is 4.34 Å². The van der Waals surface area contributed by atoms with Gasteiger partial charge < -0.3 is 0 Å². The lowest BCUT2D eigenvalue weighted by molar-refractivity contribution is -0.135. The van der Waals surface area contributed by atoms with Crippen molar-refractivity contribution in [3.8, 4) is 0 Å². The second kappa shape index (κ2) is 6.30. The zero-order valence-corrected chi connectivity index (χ0v) is 13.6. The maximum absolute atomic E-state index is 12.4. The van der Waals surface area contributed by atoms with Crippen LogP contribution in [0.3, 0.4) is 0 Å². The van der Waals surface area contributed by atoms with Crippen molar-refractivity contribution in [2.45, 2.75) is 17.3 Å². The minimum absolute atomic E-state index is 0.112. The molecular weight excluding hydrogens is 391 g/mol. The molecular formula is C9H10BrClF3NO2S2. The minimum atomic E-state index is -4.59. The summed E-state index contributed by atoms with van der Waals surface area (Å²) in [7, 11) is -4.18. The van der Waals surface area contributed by atoms with Gasteiger partial charge in [0, 0.05) is 11.9 Å². The van der Waals surface area contributed by atoms with E-state index in [2.05, 4.69) is 15.9 Å². The molecule has 0 saturated heterocycles. The fraction of sp³-hybridized carbons (Fsp3) is 0.556. The average Bonchev–Trinajstić information content (AvgIpc) is 2.57. The smallest absolute Gasteiger partial charge is 0.206 e. The molecule has 110 valence electrons. The Balaban J connectivity index is 3.12. The zero-order chi connectivity index (χ0) is 14.8. The molecule has 0 fully saturated rings. The van der Waals surface area contributed by atoms with Crippen LogP contribution in [-0.2, 0) is 10.0 Å². The standard InChI is InChI=1S/C9H10BrClF3NO2S2/c1-6-4-7(18-8(6)11)19(16,17)15(3-2-10)5-9(12,13)14/h4H,2-3,5H2,1H3. The van der Waals surface area contributed by atoms with E-state index in [0.717, 1.165) is 11.3 Å². The summed E-state index contributed by atoms with van der Waals surface area (Å²) >= 11 is 9.46. The van der Waals surface area contributed by atoms with Gasteiger partial charge in [-0.1, -0.05) is 27.5 Å². The van der Waals surface area contributed by atoms with Crippen molar-refractivity contribution in [1.82, 2.24) is 4.31 Å². The van der Waals surface area contributed by atoms with Gasteiger partial charge in [-0.15, -0.1) is 11.3 Å². The van der Waals surface area contributed by atoms with Crippen molar-refractivity contribution in [2.75, 3.05) is 18.4 Å². The van der Waals surface area contributed by atoms with Crippen molar-refractivity contribution in [1.29, 1.82) is 0 Å². The second-order valence-electron chi connectivity index (χ2n) is 3.66. The normalized spacial score (nSPS) is 13.2. The van der Waals surface area contributed by atoms with Gasteiger partial charge in [0.05, 0.1) is 4.34 Å². The highest BCUT2D eigenvalue weighted by Gasteiger charge is 2.37. The number of aryl methyl sites for hydroxylation is 1. The molecule has 0 radical (unpaired) electrons. The van der Waals surface area contributed by atoms with Crippen molar-refractivity contribution in [2.24, 2.45) is 0 Å². The van der Waals surface area contributed by atoms with Gasteiger partial charge in [-0.3, -0.25) is 0 Å². The summed E-state index contributed by atoms with van der Waals surface area (Å²) in [6, 6.07) is 1.28. The number of halogens is 5. The number of thiophene rings is 1. The Hall–Kier alpha value is 0.170. The lowest BCUT2D eigenvalue weighted by Gasteiger charge is -2.21. The molecule has 0 bridgehead atoms. The third kappa shape index (κ3) is 4.59. The maximum atomic E-state index is 12.4. The van der Waals surface area contributed by atoms with Gasteiger partial charge >= 0.3 is 6.18 Å². The molecule has 1 aromatic heterocycles. The van der Waals surface area contributed by atoms with Crippen LogP contribution < -0.4 is 0 Å². The van der Waals surface area contributed by atoms with E-state index < -0.39 is 22.7 Å². The lowest BCUT2D eigenvalue weighted by Crippen LogP contribution is -2.39. The molecule has 19 heavy (non-hydrogen) atoms. The molecule has 0 aliphatic carbocycles. The van der Waals surface area contributed by atoms with Crippen LogP contribution in [0.4, 0.5) is 13.2 Å². The monoisotopic (exact) mass is 399 g/mol. The Bertz CT molecular complexity index is 525. The summed E-state index contributed by atoms with van der Waals surface area (Å²) in [5, 5.41) is 0.112. The molecule has 0 aromatic carbocycles. The number of alkyl halides is 4. The van der Waals surface area contributed by atoms with E-state index >= 15 is 0 Å². The van der Waals surface area contributed by atoms with Gasteiger partial charge in [-0.05, 0) is 18.6 Å². The highest BCUT2D eigenvalue weighted by molar-refractivity contribution is 9.09.